The van der Waals surface area contributed by atoms with E-state index in [4.69, 9.17) is 5.26 Å². The summed E-state index contributed by atoms with van der Waals surface area (Å²) in [7, 11) is 1.78. The van der Waals surface area contributed by atoms with Gasteiger partial charge in [-0.15, -0.1) is 0 Å². The van der Waals surface area contributed by atoms with Gasteiger partial charge in [0, 0.05) is 18.4 Å². The summed E-state index contributed by atoms with van der Waals surface area (Å²) in [6.45, 7) is 1.94. The van der Waals surface area contributed by atoms with Crippen LogP contribution in [0.15, 0.2) is 42.5 Å². The Morgan fingerprint density at radius 1 is 1.20 bits per heavy atom. The van der Waals surface area contributed by atoms with Crippen LogP contribution < -0.4 is 10.6 Å². The van der Waals surface area contributed by atoms with E-state index >= 15 is 0 Å². The number of carbonyl (C=O) groups excluding carboxylic acids is 1. The van der Waals surface area contributed by atoms with Crippen molar-refractivity contribution in [3.05, 3.63) is 59.2 Å². The van der Waals surface area contributed by atoms with E-state index in [0.29, 0.717) is 16.8 Å². The number of hydrogen-bond donors (Lipinski definition) is 2. The second-order valence-electron chi connectivity index (χ2n) is 4.45. The molecule has 0 aliphatic rings. The van der Waals surface area contributed by atoms with Crippen molar-refractivity contribution < 1.29 is 4.79 Å². The third-order valence-electron chi connectivity index (χ3n) is 2.94. The summed E-state index contributed by atoms with van der Waals surface area (Å²) in [4.78, 5) is 12.3. The van der Waals surface area contributed by atoms with Gasteiger partial charge in [0.15, 0.2) is 0 Å². The number of hydrogen-bond acceptors (Lipinski definition) is 3. The Labute approximate surface area is 118 Å². The largest absolute Gasteiger partial charge is 0.387 e. The molecule has 0 aliphatic heterocycles. The van der Waals surface area contributed by atoms with Crippen molar-refractivity contribution in [3.8, 4) is 6.07 Å². The number of anilines is 2. The molecule has 100 valence electrons. The molecule has 0 saturated carbocycles. The Bertz CT molecular complexity index is 686. The maximum atomic E-state index is 12.3. The van der Waals surface area contributed by atoms with Crippen molar-refractivity contribution in [1.29, 1.82) is 5.26 Å². The number of nitrogens with zero attached hydrogens (tertiary/aromatic N) is 1. The van der Waals surface area contributed by atoms with Gasteiger partial charge in [0.25, 0.3) is 5.91 Å². The Morgan fingerprint density at radius 3 is 2.70 bits per heavy atom. The molecule has 1 amide bonds. The van der Waals surface area contributed by atoms with Crippen LogP contribution in [0.2, 0.25) is 0 Å². The second kappa shape index (κ2) is 5.89. The van der Waals surface area contributed by atoms with Crippen molar-refractivity contribution in [2.75, 3.05) is 17.7 Å². The second-order valence-corrected chi connectivity index (χ2v) is 4.45. The van der Waals surface area contributed by atoms with Crippen molar-refractivity contribution in [2.24, 2.45) is 0 Å². The normalized spacial score (nSPS) is 9.65. The third-order valence-corrected chi connectivity index (χ3v) is 2.94. The molecule has 2 rings (SSSR count). The first-order valence-corrected chi connectivity index (χ1v) is 6.24. The fraction of sp³-hybridized carbons (Fsp3) is 0.125. The smallest absolute Gasteiger partial charge is 0.257 e. The highest BCUT2D eigenvalue weighted by molar-refractivity contribution is 6.08. The zero-order chi connectivity index (χ0) is 14.5. The van der Waals surface area contributed by atoms with Crippen molar-refractivity contribution in [2.45, 2.75) is 6.92 Å². The molecule has 2 N–H and O–H groups in total. The summed E-state index contributed by atoms with van der Waals surface area (Å²) >= 11 is 0. The first kappa shape index (κ1) is 13.6. The average Bonchev–Trinajstić information content (AvgIpc) is 2.47. The molecule has 0 aliphatic carbocycles. The molecular formula is C16H15N3O. The monoisotopic (exact) mass is 265 g/mol. The minimum Gasteiger partial charge on any atom is -0.387 e. The fourth-order valence-electron chi connectivity index (χ4n) is 1.93. The third kappa shape index (κ3) is 2.96. The number of nitrogens with one attached hydrogen (secondary N) is 2. The van der Waals surface area contributed by atoms with Gasteiger partial charge in [-0.1, -0.05) is 17.7 Å². The van der Waals surface area contributed by atoms with E-state index in [1.165, 1.54) is 0 Å². The molecule has 20 heavy (non-hydrogen) atoms. The highest BCUT2D eigenvalue weighted by Crippen LogP contribution is 2.19. The summed E-state index contributed by atoms with van der Waals surface area (Å²) in [5, 5.41) is 14.7. The summed E-state index contributed by atoms with van der Waals surface area (Å²) in [6, 6.07) is 14.5. The summed E-state index contributed by atoms with van der Waals surface area (Å²) in [5.74, 6) is -0.201. The Kier molecular flexibility index (Phi) is 4.02. The Hall–Kier alpha value is -2.80. The van der Waals surface area contributed by atoms with E-state index < -0.39 is 0 Å². The molecular weight excluding hydrogens is 250 g/mol. The molecule has 4 nitrogen and oxygen atoms in total. The zero-order valence-corrected chi connectivity index (χ0v) is 11.4. The van der Waals surface area contributed by atoms with E-state index in [-0.39, 0.29) is 5.91 Å². The van der Waals surface area contributed by atoms with Crippen LogP contribution in [0.4, 0.5) is 11.4 Å². The van der Waals surface area contributed by atoms with Crippen molar-refractivity contribution in [1.82, 2.24) is 0 Å². The first-order valence-electron chi connectivity index (χ1n) is 6.24. The van der Waals surface area contributed by atoms with Gasteiger partial charge in [-0.2, -0.15) is 5.26 Å². The number of aryl methyl sites for hydroxylation is 1. The van der Waals surface area contributed by atoms with Gasteiger partial charge in [0.05, 0.1) is 17.2 Å². The maximum Gasteiger partial charge on any atom is 0.257 e. The standard InChI is InChI=1S/C16H15N3O/c1-11-6-7-15(18-2)14(8-11)16(20)19-13-5-3-4-12(9-13)10-17/h3-9,18H,1-2H3,(H,19,20). The van der Waals surface area contributed by atoms with Gasteiger partial charge in [0.2, 0.25) is 0 Å². The lowest BCUT2D eigenvalue weighted by atomic mass is 10.1. The van der Waals surface area contributed by atoms with Gasteiger partial charge >= 0.3 is 0 Å². The predicted molar refractivity (Wildman–Crippen MR) is 79.8 cm³/mol. The Morgan fingerprint density at radius 2 is 2.00 bits per heavy atom. The van der Waals surface area contributed by atoms with E-state index in [1.807, 2.05) is 31.2 Å². The van der Waals surface area contributed by atoms with E-state index in [2.05, 4.69) is 10.6 Å². The first-order chi connectivity index (χ1) is 9.63. The van der Waals surface area contributed by atoms with Crippen molar-refractivity contribution >= 4 is 17.3 Å². The van der Waals surface area contributed by atoms with E-state index in [1.54, 1.807) is 31.3 Å². The lowest BCUT2D eigenvalue weighted by molar-refractivity contribution is 0.102. The number of benzene rings is 2. The highest BCUT2D eigenvalue weighted by Gasteiger charge is 2.11. The minimum atomic E-state index is -0.201. The zero-order valence-electron chi connectivity index (χ0n) is 11.4. The Balaban J connectivity index is 2.28. The van der Waals surface area contributed by atoms with Gasteiger partial charge in [0.1, 0.15) is 0 Å². The molecule has 0 radical (unpaired) electrons. The van der Waals surface area contributed by atoms with E-state index in [0.717, 1.165) is 11.3 Å². The van der Waals surface area contributed by atoms with Crippen LogP contribution in [0.25, 0.3) is 0 Å². The fourth-order valence-corrected chi connectivity index (χ4v) is 1.93. The maximum absolute atomic E-state index is 12.3. The van der Waals surface area contributed by atoms with Crippen LogP contribution in [0.3, 0.4) is 0 Å². The summed E-state index contributed by atoms with van der Waals surface area (Å²) in [6.07, 6.45) is 0. The number of nitriles is 1. The molecule has 0 heterocycles. The lowest BCUT2D eigenvalue weighted by Crippen LogP contribution is -2.14. The molecule has 0 spiro atoms. The molecule has 0 saturated heterocycles. The molecule has 4 heteroatoms. The van der Waals surface area contributed by atoms with Gasteiger partial charge < -0.3 is 10.6 Å². The van der Waals surface area contributed by atoms with Crippen LogP contribution in [0, 0.1) is 18.3 Å². The van der Waals surface area contributed by atoms with Gasteiger partial charge in [-0.05, 0) is 37.3 Å². The SMILES string of the molecule is CNc1ccc(C)cc1C(=O)Nc1cccc(C#N)c1. The summed E-state index contributed by atoms with van der Waals surface area (Å²) < 4.78 is 0. The molecule has 0 aromatic heterocycles. The van der Waals surface area contributed by atoms with Crippen LogP contribution in [-0.4, -0.2) is 13.0 Å². The quantitative estimate of drug-likeness (QED) is 0.896. The molecule has 0 bridgehead atoms. The van der Waals surface area contributed by atoms with Gasteiger partial charge in [-0.3, -0.25) is 4.79 Å². The minimum absolute atomic E-state index is 0.201. The number of rotatable bonds is 3. The number of amides is 1. The average molecular weight is 265 g/mol. The lowest BCUT2D eigenvalue weighted by Gasteiger charge is -2.11. The predicted octanol–water partition coefficient (Wildman–Crippen LogP) is 3.16. The van der Waals surface area contributed by atoms with Crippen LogP contribution >= 0.6 is 0 Å². The van der Waals surface area contributed by atoms with E-state index in [9.17, 15) is 4.79 Å². The van der Waals surface area contributed by atoms with Crippen molar-refractivity contribution in [3.63, 3.8) is 0 Å². The topological polar surface area (TPSA) is 64.9 Å². The highest BCUT2D eigenvalue weighted by atomic mass is 16.1. The molecule has 2 aromatic carbocycles. The molecule has 0 fully saturated rings. The molecule has 2 aromatic rings. The van der Waals surface area contributed by atoms with Crippen LogP contribution in [0.5, 0.6) is 0 Å². The molecule has 0 unspecified atom stereocenters. The van der Waals surface area contributed by atoms with Crippen LogP contribution in [-0.2, 0) is 0 Å². The molecule has 0 atom stereocenters. The van der Waals surface area contributed by atoms with Crippen LogP contribution in [0.1, 0.15) is 21.5 Å². The summed E-state index contributed by atoms with van der Waals surface area (Å²) in [5.41, 5.74) is 3.48. The number of carbonyl (C=O) groups is 1. The van der Waals surface area contributed by atoms with Gasteiger partial charge in [-0.25, -0.2) is 0 Å².